The Morgan fingerprint density at radius 1 is 0.333 bits per heavy atom. The van der Waals surface area contributed by atoms with Crippen molar-refractivity contribution in [3.63, 3.8) is 0 Å². The van der Waals surface area contributed by atoms with E-state index in [2.05, 4.69) is 27.7 Å². The van der Waals surface area contributed by atoms with E-state index in [1.54, 1.807) is 0 Å². The van der Waals surface area contributed by atoms with Gasteiger partial charge in [-0.3, -0.25) is 0 Å². The highest BCUT2D eigenvalue weighted by Crippen LogP contribution is 2.20. The highest BCUT2D eigenvalue weighted by Gasteiger charge is 2.25. The van der Waals surface area contributed by atoms with E-state index in [4.69, 9.17) is 0 Å². The zero-order valence-electron chi connectivity index (χ0n) is 24.2. The van der Waals surface area contributed by atoms with Gasteiger partial charge in [0.1, 0.15) is 0 Å². The van der Waals surface area contributed by atoms with Crippen LogP contribution in [-0.4, -0.2) is 37.3 Å². The van der Waals surface area contributed by atoms with Gasteiger partial charge in [-0.2, -0.15) is 0 Å². The molecule has 0 saturated heterocycles. The predicted octanol–water partition coefficient (Wildman–Crippen LogP) is 9.44. The van der Waals surface area contributed by atoms with Gasteiger partial charge >= 0.3 is 0 Å². The lowest BCUT2D eigenvalue weighted by atomic mass is 10.1. The minimum Gasteiger partial charge on any atom is -0.854 e. The number of quaternary nitrogens is 1. The van der Waals surface area contributed by atoms with Crippen LogP contribution >= 0.6 is 0 Å². The van der Waals surface area contributed by atoms with E-state index in [9.17, 15) is 5.11 Å². The third-order valence-corrected chi connectivity index (χ3v) is 7.15. The molecule has 0 rings (SSSR count). The highest BCUT2D eigenvalue weighted by atomic mass is 16.2. The molecule has 0 aliphatic heterocycles. The summed E-state index contributed by atoms with van der Waals surface area (Å²) in [6.45, 7) is 17.2. The lowest BCUT2D eigenvalue weighted by molar-refractivity contribution is -0.929. The van der Waals surface area contributed by atoms with E-state index < -0.39 is 0 Å². The average molecular weight is 470 g/mol. The fourth-order valence-electron chi connectivity index (χ4n) is 4.87. The van der Waals surface area contributed by atoms with Crippen molar-refractivity contribution in [2.24, 2.45) is 0 Å². The fraction of sp³-hybridized carbons (Fsp3) is 1.00. The number of hydrogen-bond donors (Lipinski definition) is 0. The van der Waals surface area contributed by atoms with Crippen molar-refractivity contribution < 1.29 is 9.59 Å². The Morgan fingerprint density at radius 3 is 0.727 bits per heavy atom. The SMILES string of the molecule is CCCCCCC[N+](CCCCCCC)(CCCCCCC)CCCCCCC.CCC[O-]. The minimum absolute atomic E-state index is 0.0694. The van der Waals surface area contributed by atoms with Gasteiger partial charge in [0, 0.05) is 0 Å². The molecule has 0 aromatic rings. The smallest absolute Gasteiger partial charge is 0.0786 e. The molecular weight excluding hydrogens is 402 g/mol. The lowest BCUT2D eigenvalue weighted by Gasteiger charge is -2.39. The molecule has 0 aliphatic carbocycles. The van der Waals surface area contributed by atoms with E-state index in [0.717, 1.165) is 6.42 Å². The zero-order chi connectivity index (χ0) is 24.9. The number of hydrogen-bond acceptors (Lipinski definition) is 1. The van der Waals surface area contributed by atoms with Crippen molar-refractivity contribution in [3.05, 3.63) is 0 Å². The molecule has 0 fully saturated rings. The molecule has 0 heterocycles. The predicted molar refractivity (Wildman–Crippen MR) is 150 cm³/mol. The summed E-state index contributed by atoms with van der Waals surface area (Å²) in [6.07, 6.45) is 29.6. The molecule has 0 N–H and O–H groups in total. The first-order chi connectivity index (χ1) is 16.2. The Hall–Kier alpha value is -0.0800. The molecule has 0 bridgehead atoms. The summed E-state index contributed by atoms with van der Waals surface area (Å²) in [4.78, 5) is 0. The topological polar surface area (TPSA) is 23.1 Å². The van der Waals surface area contributed by atoms with Crippen molar-refractivity contribution in [3.8, 4) is 0 Å². The van der Waals surface area contributed by atoms with Crippen LogP contribution in [0.5, 0.6) is 0 Å². The van der Waals surface area contributed by atoms with Crippen LogP contribution in [0.15, 0.2) is 0 Å². The van der Waals surface area contributed by atoms with Gasteiger partial charge in [0.15, 0.2) is 0 Å². The van der Waals surface area contributed by atoms with Gasteiger partial charge in [-0.1, -0.05) is 118 Å². The van der Waals surface area contributed by atoms with Crippen LogP contribution in [0.4, 0.5) is 0 Å². The van der Waals surface area contributed by atoms with Gasteiger partial charge in [0.05, 0.1) is 26.2 Å². The molecule has 0 unspecified atom stereocenters. The van der Waals surface area contributed by atoms with Crippen molar-refractivity contribution in [1.29, 1.82) is 0 Å². The molecule has 2 heteroatoms. The second kappa shape index (κ2) is 30.0. The summed E-state index contributed by atoms with van der Waals surface area (Å²) in [5.74, 6) is 0. The van der Waals surface area contributed by atoms with Gasteiger partial charge in [-0.05, 0) is 51.4 Å². The van der Waals surface area contributed by atoms with Crippen LogP contribution in [-0.2, 0) is 0 Å². The van der Waals surface area contributed by atoms with Gasteiger partial charge in [0.25, 0.3) is 0 Å². The van der Waals surface area contributed by atoms with E-state index in [1.165, 1.54) is 159 Å². The first-order valence-electron chi connectivity index (χ1n) is 15.6. The van der Waals surface area contributed by atoms with Gasteiger partial charge in [0.2, 0.25) is 0 Å². The highest BCUT2D eigenvalue weighted by molar-refractivity contribution is 4.54. The Bertz CT molecular complexity index is 267. The zero-order valence-corrected chi connectivity index (χ0v) is 24.2. The molecule has 0 aromatic heterocycles. The summed E-state index contributed by atoms with van der Waals surface area (Å²) in [6, 6.07) is 0. The van der Waals surface area contributed by atoms with E-state index in [-0.39, 0.29) is 6.61 Å². The normalized spacial score (nSPS) is 11.5. The van der Waals surface area contributed by atoms with E-state index in [1.807, 2.05) is 6.92 Å². The van der Waals surface area contributed by atoms with Crippen LogP contribution in [0.3, 0.4) is 0 Å². The van der Waals surface area contributed by atoms with Crippen molar-refractivity contribution in [2.45, 2.75) is 169 Å². The number of unbranched alkanes of at least 4 members (excludes halogenated alkanes) is 16. The van der Waals surface area contributed by atoms with Gasteiger partial charge in [-0.15, -0.1) is 6.61 Å². The first kappa shape index (κ1) is 35.1. The lowest BCUT2D eigenvalue weighted by Crippen LogP contribution is -2.50. The monoisotopic (exact) mass is 470 g/mol. The second-order valence-corrected chi connectivity index (χ2v) is 10.6. The molecule has 0 saturated carbocycles. The Morgan fingerprint density at radius 2 is 0.545 bits per heavy atom. The molecule has 0 amide bonds. The van der Waals surface area contributed by atoms with Crippen LogP contribution in [0.25, 0.3) is 0 Å². The van der Waals surface area contributed by atoms with Crippen LogP contribution < -0.4 is 5.11 Å². The maximum atomic E-state index is 9.30. The quantitative estimate of drug-likeness (QED) is 0.0964. The molecule has 0 atom stereocenters. The Balaban J connectivity index is 0. The summed E-state index contributed by atoms with van der Waals surface area (Å²) in [7, 11) is 0. The third kappa shape index (κ3) is 26.4. The Labute approximate surface area is 211 Å². The molecule has 0 radical (unpaired) electrons. The maximum absolute atomic E-state index is 9.30. The van der Waals surface area contributed by atoms with E-state index in [0.29, 0.717) is 0 Å². The van der Waals surface area contributed by atoms with E-state index >= 15 is 0 Å². The third-order valence-electron chi connectivity index (χ3n) is 7.15. The average Bonchev–Trinajstić information content (AvgIpc) is 2.83. The van der Waals surface area contributed by atoms with Crippen molar-refractivity contribution >= 4 is 0 Å². The molecule has 0 aromatic carbocycles. The molecular formula is C31H67NO. The molecule has 33 heavy (non-hydrogen) atoms. The number of rotatable bonds is 25. The molecule has 2 nitrogen and oxygen atoms in total. The minimum atomic E-state index is 0.0694. The number of nitrogens with zero attached hydrogens (tertiary/aromatic N) is 1. The summed E-state index contributed by atoms with van der Waals surface area (Å²) < 4.78 is 1.47. The van der Waals surface area contributed by atoms with Crippen LogP contribution in [0.1, 0.15) is 169 Å². The molecule has 0 spiro atoms. The maximum Gasteiger partial charge on any atom is 0.0786 e. The second-order valence-electron chi connectivity index (χ2n) is 10.6. The summed E-state index contributed by atoms with van der Waals surface area (Å²) in [5.41, 5.74) is 0. The van der Waals surface area contributed by atoms with Crippen LogP contribution in [0, 0.1) is 0 Å². The molecule has 202 valence electrons. The van der Waals surface area contributed by atoms with Crippen LogP contribution in [0.2, 0.25) is 0 Å². The fourth-order valence-corrected chi connectivity index (χ4v) is 4.87. The van der Waals surface area contributed by atoms with Gasteiger partial charge in [-0.25, -0.2) is 0 Å². The summed E-state index contributed by atoms with van der Waals surface area (Å²) >= 11 is 0. The van der Waals surface area contributed by atoms with Crippen molar-refractivity contribution in [2.75, 3.05) is 32.8 Å². The summed E-state index contributed by atoms with van der Waals surface area (Å²) in [5, 5.41) is 9.30. The largest absolute Gasteiger partial charge is 0.854 e. The molecule has 0 aliphatic rings. The van der Waals surface area contributed by atoms with Gasteiger partial charge < -0.3 is 9.59 Å². The Kier molecular flexibility index (Phi) is 31.8. The standard InChI is InChI=1S/C28H60N.C3H7O/c1-5-9-13-17-21-25-29(26-22-18-14-10-6-2,27-23-19-15-11-7-3)28-24-20-16-12-8-4;1-2-3-4/h5-28H2,1-4H3;2-3H2,1H3/q+1;-1. The van der Waals surface area contributed by atoms with Crippen molar-refractivity contribution in [1.82, 2.24) is 0 Å². The first-order valence-corrected chi connectivity index (χ1v) is 15.6.